The van der Waals surface area contributed by atoms with Gasteiger partial charge in [-0.3, -0.25) is 14.4 Å². The zero-order valence-corrected chi connectivity index (χ0v) is 45.2. The second kappa shape index (κ2) is 56.5. The number of allylic oxidation sites excluding steroid dienone is 4. The summed E-state index contributed by atoms with van der Waals surface area (Å²) < 4.78 is 16.8. The molecule has 0 aromatic heterocycles. The lowest BCUT2D eigenvalue weighted by Gasteiger charge is -2.18. The van der Waals surface area contributed by atoms with Crippen LogP contribution in [-0.4, -0.2) is 37.2 Å². The van der Waals surface area contributed by atoms with Gasteiger partial charge in [0.1, 0.15) is 13.2 Å². The summed E-state index contributed by atoms with van der Waals surface area (Å²) in [5.74, 6) is -0.861. The number of carbonyl (C=O) groups excluding carboxylic acids is 3. The number of esters is 3. The summed E-state index contributed by atoms with van der Waals surface area (Å²) in [6, 6.07) is 0. The van der Waals surface area contributed by atoms with Gasteiger partial charge in [-0.1, -0.05) is 263 Å². The van der Waals surface area contributed by atoms with Crippen LogP contribution in [0.1, 0.15) is 329 Å². The zero-order valence-electron chi connectivity index (χ0n) is 45.2. The monoisotopic (exact) mass is 943 g/mol. The van der Waals surface area contributed by atoms with Crippen LogP contribution < -0.4 is 0 Å². The molecule has 0 bridgehead atoms. The summed E-state index contributed by atoms with van der Waals surface area (Å²) in [5.41, 5.74) is 0. The number of carbonyl (C=O) groups is 3. The Morgan fingerprint density at radius 2 is 0.493 bits per heavy atom. The van der Waals surface area contributed by atoms with E-state index in [0.29, 0.717) is 19.3 Å². The molecule has 6 nitrogen and oxygen atoms in total. The van der Waals surface area contributed by atoms with Crippen molar-refractivity contribution in [1.82, 2.24) is 0 Å². The van der Waals surface area contributed by atoms with E-state index in [2.05, 4.69) is 45.1 Å². The van der Waals surface area contributed by atoms with Crippen molar-refractivity contribution in [1.29, 1.82) is 0 Å². The van der Waals surface area contributed by atoms with Gasteiger partial charge in [-0.05, 0) is 70.6 Å². The van der Waals surface area contributed by atoms with Gasteiger partial charge in [0.05, 0.1) is 0 Å². The molecule has 1 atom stereocenters. The SMILES string of the molecule is CCCCC/C=C\CCCCCCCC(=O)OC(COC(=O)CCCCCCCCCCCCCC)COC(=O)CCCCCCCCCCCCCCC/C=C\CCCCCCCCCC. The molecule has 394 valence electrons. The number of hydrogen-bond acceptors (Lipinski definition) is 6. The lowest BCUT2D eigenvalue weighted by atomic mass is 10.0. The van der Waals surface area contributed by atoms with Crippen LogP contribution in [0.3, 0.4) is 0 Å². The minimum atomic E-state index is -0.770. The Labute approximate surface area is 417 Å². The largest absolute Gasteiger partial charge is 0.462 e. The molecule has 67 heavy (non-hydrogen) atoms. The highest BCUT2D eigenvalue weighted by Crippen LogP contribution is 2.17. The highest BCUT2D eigenvalue weighted by molar-refractivity contribution is 5.71. The molecule has 0 radical (unpaired) electrons. The van der Waals surface area contributed by atoms with E-state index in [0.717, 1.165) is 64.2 Å². The Hall–Kier alpha value is -2.11. The number of unbranched alkanes of at least 4 members (excludes halogenated alkanes) is 40. The molecule has 0 aliphatic rings. The second-order valence-electron chi connectivity index (χ2n) is 20.3. The Bertz CT molecular complexity index is 1080. The van der Waals surface area contributed by atoms with E-state index in [4.69, 9.17) is 14.2 Å². The number of ether oxygens (including phenoxy) is 3. The molecule has 0 heterocycles. The van der Waals surface area contributed by atoms with Gasteiger partial charge >= 0.3 is 17.9 Å². The summed E-state index contributed by atoms with van der Waals surface area (Å²) >= 11 is 0. The zero-order chi connectivity index (χ0) is 48.6. The second-order valence-corrected chi connectivity index (χ2v) is 20.3. The molecule has 0 fully saturated rings. The Balaban J connectivity index is 4.17. The van der Waals surface area contributed by atoms with Crippen LogP contribution in [0.15, 0.2) is 24.3 Å². The van der Waals surface area contributed by atoms with Crippen molar-refractivity contribution < 1.29 is 28.6 Å². The standard InChI is InChI=1S/C61H114O6/c1-4-7-10-13-16-19-22-25-26-27-28-29-30-31-32-33-34-35-36-37-40-42-45-48-51-54-60(63)66-57-58(67-61(64)55-52-49-46-43-39-24-21-18-15-12-9-6-3)56-65-59(62)53-50-47-44-41-38-23-20-17-14-11-8-5-2/h18,21,27-28,58H,4-17,19-20,22-26,29-57H2,1-3H3/b21-18-,28-27-. The molecule has 0 amide bonds. The molecule has 0 aliphatic heterocycles. The van der Waals surface area contributed by atoms with Crippen molar-refractivity contribution >= 4 is 17.9 Å². The third-order valence-corrected chi connectivity index (χ3v) is 13.4. The molecular weight excluding hydrogens is 829 g/mol. The van der Waals surface area contributed by atoms with Crippen LogP contribution >= 0.6 is 0 Å². The normalized spacial score (nSPS) is 12.1. The van der Waals surface area contributed by atoms with Crippen molar-refractivity contribution in [3.05, 3.63) is 24.3 Å². The maximum absolute atomic E-state index is 12.8. The summed E-state index contributed by atoms with van der Waals surface area (Å²) in [5, 5.41) is 0. The predicted molar refractivity (Wildman–Crippen MR) is 289 cm³/mol. The molecule has 1 unspecified atom stereocenters. The summed E-state index contributed by atoms with van der Waals surface area (Å²) in [4.78, 5) is 38.1. The third-order valence-electron chi connectivity index (χ3n) is 13.4. The molecule has 0 saturated carbocycles. The third kappa shape index (κ3) is 54.7. The fraction of sp³-hybridized carbons (Fsp3) is 0.885. The highest BCUT2D eigenvalue weighted by Gasteiger charge is 2.19. The van der Waals surface area contributed by atoms with Crippen molar-refractivity contribution in [2.75, 3.05) is 13.2 Å². The average Bonchev–Trinajstić information content (AvgIpc) is 3.33. The van der Waals surface area contributed by atoms with E-state index in [1.54, 1.807) is 0 Å². The molecule has 0 saturated heterocycles. The van der Waals surface area contributed by atoms with Crippen LogP contribution in [0.5, 0.6) is 0 Å². The van der Waals surface area contributed by atoms with E-state index in [9.17, 15) is 14.4 Å². The lowest BCUT2D eigenvalue weighted by Crippen LogP contribution is -2.30. The van der Waals surface area contributed by atoms with Gasteiger partial charge in [0.15, 0.2) is 6.10 Å². The van der Waals surface area contributed by atoms with Gasteiger partial charge in [0, 0.05) is 19.3 Å². The van der Waals surface area contributed by atoms with E-state index in [-0.39, 0.29) is 31.1 Å². The van der Waals surface area contributed by atoms with Gasteiger partial charge in [0.25, 0.3) is 0 Å². The molecule has 6 heteroatoms. The molecule has 0 N–H and O–H groups in total. The molecule has 0 aliphatic carbocycles. The highest BCUT2D eigenvalue weighted by atomic mass is 16.6. The van der Waals surface area contributed by atoms with Crippen molar-refractivity contribution in [3.8, 4) is 0 Å². The lowest BCUT2D eigenvalue weighted by molar-refractivity contribution is -0.167. The van der Waals surface area contributed by atoms with Gasteiger partial charge in [-0.15, -0.1) is 0 Å². The summed E-state index contributed by atoms with van der Waals surface area (Å²) in [6.45, 7) is 6.65. The smallest absolute Gasteiger partial charge is 0.306 e. The molecule has 0 aromatic carbocycles. The van der Waals surface area contributed by atoms with Gasteiger partial charge in [-0.2, -0.15) is 0 Å². The van der Waals surface area contributed by atoms with E-state index >= 15 is 0 Å². The first kappa shape index (κ1) is 64.9. The van der Waals surface area contributed by atoms with E-state index in [1.165, 1.54) is 225 Å². The maximum Gasteiger partial charge on any atom is 0.306 e. The number of rotatable bonds is 55. The van der Waals surface area contributed by atoms with Gasteiger partial charge in [0.2, 0.25) is 0 Å². The molecule has 0 spiro atoms. The Morgan fingerprint density at radius 1 is 0.284 bits per heavy atom. The van der Waals surface area contributed by atoms with Crippen LogP contribution in [0.4, 0.5) is 0 Å². The fourth-order valence-electron chi connectivity index (χ4n) is 8.91. The predicted octanol–water partition coefficient (Wildman–Crippen LogP) is 19.9. The van der Waals surface area contributed by atoms with Crippen LogP contribution in [-0.2, 0) is 28.6 Å². The van der Waals surface area contributed by atoms with Gasteiger partial charge in [-0.25, -0.2) is 0 Å². The molecular formula is C61H114O6. The Kier molecular flexibility index (Phi) is 54.7. The van der Waals surface area contributed by atoms with Crippen molar-refractivity contribution in [2.45, 2.75) is 335 Å². The van der Waals surface area contributed by atoms with Gasteiger partial charge < -0.3 is 14.2 Å². The van der Waals surface area contributed by atoms with Crippen molar-refractivity contribution in [2.24, 2.45) is 0 Å². The maximum atomic E-state index is 12.8. The van der Waals surface area contributed by atoms with Crippen LogP contribution in [0.25, 0.3) is 0 Å². The van der Waals surface area contributed by atoms with Crippen LogP contribution in [0.2, 0.25) is 0 Å². The topological polar surface area (TPSA) is 78.9 Å². The minimum absolute atomic E-state index is 0.0700. The molecule has 0 rings (SSSR count). The van der Waals surface area contributed by atoms with E-state index < -0.39 is 6.10 Å². The summed E-state index contributed by atoms with van der Waals surface area (Å²) in [7, 11) is 0. The summed E-state index contributed by atoms with van der Waals surface area (Å²) in [6.07, 6.45) is 66.1. The number of hydrogen-bond donors (Lipinski definition) is 0. The first-order valence-corrected chi connectivity index (χ1v) is 29.8. The average molecular weight is 944 g/mol. The minimum Gasteiger partial charge on any atom is -0.462 e. The Morgan fingerprint density at radius 3 is 0.776 bits per heavy atom. The van der Waals surface area contributed by atoms with E-state index in [1.807, 2.05) is 0 Å². The fourth-order valence-corrected chi connectivity index (χ4v) is 8.91. The first-order chi connectivity index (χ1) is 33.0. The van der Waals surface area contributed by atoms with Crippen molar-refractivity contribution in [3.63, 3.8) is 0 Å². The van der Waals surface area contributed by atoms with Crippen LogP contribution in [0, 0.1) is 0 Å². The first-order valence-electron chi connectivity index (χ1n) is 29.8. The molecule has 0 aromatic rings. The quantitative estimate of drug-likeness (QED) is 0.0262.